The number of carbonyl (C=O) groups is 3. The van der Waals surface area contributed by atoms with E-state index < -0.39 is 11.6 Å². The van der Waals surface area contributed by atoms with Gasteiger partial charge >= 0.3 is 6.03 Å². The minimum Gasteiger partial charge on any atom is -0.497 e. The Morgan fingerprint density at radius 2 is 1.94 bits per heavy atom. The molecular weight excluding hydrogens is 394 g/mol. The summed E-state index contributed by atoms with van der Waals surface area (Å²) in [5.41, 5.74) is 2.62. The maximum absolute atomic E-state index is 13.0. The van der Waals surface area contributed by atoms with Crippen molar-refractivity contribution in [3.05, 3.63) is 64.7 Å². The number of benzene rings is 2. The van der Waals surface area contributed by atoms with Crippen molar-refractivity contribution in [3.8, 4) is 5.75 Å². The molecule has 4 rings (SSSR count). The third kappa shape index (κ3) is 4.00. The van der Waals surface area contributed by atoms with Crippen molar-refractivity contribution in [1.29, 1.82) is 0 Å². The lowest BCUT2D eigenvalue weighted by molar-refractivity contribution is -0.124. The Morgan fingerprint density at radius 1 is 1.13 bits per heavy atom. The summed E-state index contributed by atoms with van der Waals surface area (Å²) in [5.74, 6) is 0.463. The van der Waals surface area contributed by atoms with E-state index in [1.807, 2.05) is 24.3 Å². The number of carbonyl (C=O) groups excluding carboxylic acids is 3. The molecule has 162 valence electrons. The predicted molar refractivity (Wildman–Crippen MR) is 116 cm³/mol. The lowest BCUT2D eigenvalue weighted by Crippen LogP contribution is -2.55. The van der Waals surface area contributed by atoms with Gasteiger partial charge in [0.25, 0.3) is 11.8 Å². The molecule has 4 amide bonds. The topological polar surface area (TPSA) is 87.7 Å². The largest absolute Gasteiger partial charge is 0.497 e. The molecule has 0 aromatic heterocycles. The summed E-state index contributed by atoms with van der Waals surface area (Å²) >= 11 is 0. The van der Waals surface area contributed by atoms with E-state index in [4.69, 9.17) is 4.74 Å². The van der Waals surface area contributed by atoms with Crippen LogP contribution in [-0.2, 0) is 17.8 Å². The Morgan fingerprint density at radius 3 is 2.61 bits per heavy atom. The SMILES string of the molecule is COc1ccc2c(c1)C(=O)N(C[C@@]1(CCc3cccc(C(C)C)c3)NC(=O)NC1=O)C2. The van der Waals surface area contributed by atoms with Crippen molar-refractivity contribution < 1.29 is 19.1 Å². The van der Waals surface area contributed by atoms with Gasteiger partial charge in [0.15, 0.2) is 0 Å². The van der Waals surface area contributed by atoms with Gasteiger partial charge in [-0.2, -0.15) is 0 Å². The van der Waals surface area contributed by atoms with Gasteiger partial charge in [0.2, 0.25) is 0 Å². The molecule has 0 unspecified atom stereocenters. The summed E-state index contributed by atoms with van der Waals surface area (Å²) in [4.78, 5) is 39.5. The van der Waals surface area contributed by atoms with Crippen molar-refractivity contribution in [2.75, 3.05) is 13.7 Å². The van der Waals surface area contributed by atoms with E-state index >= 15 is 0 Å². The molecule has 1 saturated heterocycles. The highest BCUT2D eigenvalue weighted by Crippen LogP contribution is 2.30. The minimum absolute atomic E-state index is 0.115. The van der Waals surface area contributed by atoms with Crippen molar-refractivity contribution in [1.82, 2.24) is 15.5 Å². The van der Waals surface area contributed by atoms with Crippen LogP contribution in [0.4, 0.5) is 4.79 Å². The number of urea groups is 1. The third-order valence-corrected chi connectivity index (χ3v) is 6.13. The van der Waals surface area contributed by atoms with Gasteiger partial charge in [0.1, 0.15) is 11.3 Å². The normalized spacial score (nSPS) is 20.1. The Kier molecular flexibility index (Phi) is 5.43. The zero-order chi connectivity index (χ0) is 22.2. The summed E-state index contributed by atoms with van der Waals surface area (Å²) in [6.07, 6.45) is 1.01. The summed E-state index contributed by atoms with van der Waals surface area (Å²) in [7, 11) is 1.56. The number of amides is 4. The molecule has 2 aromatic carbocycles. The van der Waals surface area contributed by atoms with Gasteiger partial charge in [-0.25, -0.2) is 4.79 Å². The lowest BCUT2D eigenvalue weighted by atomic mass is 9.89. The van der Waals surface area contributed by atoms with Crippen LogP contribution in [0.25, 0.3) is 0 Å². The van der Waals surface area contributed by atoms with Gasteiger partial charge in [-0.05, 0) is 47.6 Å². The van der Waals surface area contributed by atoms with Crippen LogP contribution in [0.5, 0.6) is 5.75 Å². The van der Waals surface area contributed by atoms with Crippen molar-refractivity contribution in [2.24, 2.45) is 0 Å². The Labute approximate surface area is 181 Å². The molecule has 2 heterocycles. The van der Waals surface area contributed by atoms with Crippen LogP contribution < -0.4 is 15.4 Å². The molecule has 0 spiro atoms. The number of aryl methyl sites for hydroxylation is 1. The van der Waals surface area contributed by atoms with E-state index in [2.05, 4.69) is 36.6 Å². The van der Waals surface area contributed by atoms with Crippen LogP contribution >= 0.6 is 0 Å². The van der Waals surface area contributed by atoms with Crippen LogP contribution in [0.15, 0.2) is 42.5 Å². The lowest BCUT2D eigenvalue weighted by Gasteiger charge is -2.31. The number of imide groups is 1. The van der Waals surface area contributed by atoms with Gasteiger partial charge < -0.3 is 15.0 Å². The van der Waals surface area contributed by atoms with Crippen LogP contribution in [0.3, 0.4) is 0 Å². The van der Waals surface area contributed by atoms with E-state index in [9.17, 15) is 14.4 Å². The molecule has 1 atom stereocenters. The number of hydrogen-bond donors (Lipinski definition) is 2. The summed E-state index contributed by atoms with van der Waals surface area (Å²) in [6, 6.07) is 13.1. The molecule has 0 radical (unpaired) electrons. The number of fused-ring (bicyclic) bond motifs is 1. The molecule has 31 heavy (non-hydrogen) atoms. The zero-order valence-electron chi connectivity index (χ0n) is 18.0. The highest BCUT2D eigenvalue weighted by Gasteiger charge is 2.48. The van der Waals surface area contributed by atoms with E-state index in [1.54, 1.807) is 18.1 Å². The van der Waals surface area contributed by atoms with Crippen LogP contribution in [0.2, 0.25) is 0 Å². The molecule has 2 aromatic rings. The average molecular weight is 421 g/mol. The molecule has 0 aliphatic carbocycles. The first-order chi connectivity index (χ1) is 14.8. The van der Waals surface area contributed by atoms with E-state index in [0.717, 1.165) is 11.1 Å². The first-order valence-electron chi connectivity index (χ1n) is 10.5. The Bertz CT molecular complexity index is 1050. The summed E-state index contributed by atoms with van der Waals surface area (Å²) in [5, 5.41) is 5.16. The average Bonchev–Trinajstić information content (AvgIpc) is 3.21. The maximum Gasteiger partial charge on any atom is 0.322 e. The number of nitrogens with one attached hydrogen (secondary N) is 2. The maximum atomic E-state index is 13.0. The van der Waals surface area contributed by atoms with Crippen molar-refractivity contribution in [3.63, 3.8) is 0 Å². The fourth-order valence-corrected chi connectivity index (χ4v) is 4.28. The molecule has 1 fully saturated rings. The first kappa shape index (κ1) is 20.9. The van der Waals surface area contributed by atoms with Gasteiger partial charge in [-0.3, -0.25) is 14.9 Å². The smallest absolute Gasteiger partial charge is 0.322 e. The summed E-state index contributed by atoms with van der Waals surface area (Å²) < 4.78 is 5.23. The van der Waals surface area contributed by atoms with Gasteiger partial charge in [0, 0.05) is 12.1 Å². The fraction of sp³-hybridized carbons (Fsp3) is 0.375. The highest BCUT2D eigenvalue weighted by atomic mass is 16.5. The molecule has 2 aliphatic heterocycles. The number of hydrogen-bond acceptors (Lipinski definition) is 4. The van der Waals surface area contributed by atoms with Crippen LogP contribution in [0.1, 0.15) is 53.2 Å². The molecule has 2 aliphatic rings. The van der Waals surface area contributed by atoms with E-state index in [1.165, 1.54) is 5.56 Å². The van der Waals surface area contributed by atoms with Crippen LogP contribution in [0, 0.1) is 0 Å². The predicted octanol–water partition coefficient (Wildman–Crippen LogP) is 2.99. The molecular formula is C24H27N3O4. The second-order valence-electron chi connectivity index (χ2n) is 8.57. The Hall–Kier alpha value is -3.35. The highest BCUT2D eigenvalue weighted by molar-refractivity contribution is 6.08. The third-order valence-electron chi connectivity index (χ3n) is 6.13. The minimum atomic E-state index is -1.16. The van der Waals surface area contributed by atoms with Gasteiger partial charge in [-0.15, -0.1) is 0 Å². The van der Waals surface area contributed by atoms with Crippen molar-refractivity contribution >= 4 is 17.8 Å². The second-order valence-corrected chi connectivity index (χ2v) is 8.57. The standard InChI is InChI=1S/C24H27N3O4/c1-15(2)17-6-4-5-16(11-17)9-10-24(22(29)25-23(30)26-24)14-27-13-18-7-8-19(31-3)12-20(18)21(27)28/h4-8,11-12,15H,9-10,13-14H2,1-3H3,(H2,25,26,29,30)/t24-/m1/s1. The van der Waals surface area contributed by atoms with Crippen molar-refractivity contribution in [2.45, 2.75) is 44.7 Å². The molecule has 7 nitrogen and oxygen atoms in total. The zero-order valence-corrected chi connectivity index (χ0v) is 18.0. The summed E-state index contributed by atoms with van der Waals surface area (Å²) in [6.45, 7) is 4.78. The fourth-order valence-electron chi connectivity index (χ4n) is 4.28. The first-order valence-corrected chi connectivity index (χ1v) is 10.5. The number of nitrogens with zero attached hydrogens (tertiary/aromatic N) is 1. The number of rotatable bonds is 7. The number of ether oxygens (including phenoxy) is 1. The van der Waals surface area contributed by atoms with Crippen LogP contribution in [-0.4, -0.2) is 41.9 Å². The molecule has 7 heteroatoms. The Balaban J connectivity index is 1.55. The monoisotopic (exact) mass is 421 g/mol. The quantitative estimate of drug-likeness (QED) is 0.673. The molecule has 0 saturated carbocycles. The molecule has 0 bridgehead atoms. The molecule has 2 N–H and O–H groups in total. The van der Waals surface area contributed by atoms with E-state index in [-0.39, 0.29) is 18.4 Å². The van der Waals surface area contributed by atoms with Gasteiger partial charge in [0.05, 0.1) is 13.7 Å². The second kappa shape index (κ2) is 8.06. The van der Waals surface area contributed by atoms with Gasteiger partial charge in [-0.1, -0.05) is 44.2 Å². The number of methoxy groups -OCH3 is 1. The van der Waals surface area contributed by atoms with E-state index in [0.29, 0.717) is 36.6 Å².